The number of nitrogens with two attached hydrogens (primary N) is 1. The predicted octanol–water partition coefficient (Wildman–Crippen LogP) is 3.67. The van der Waals surface area contributed by atoms with Crippen LogP contribution >= 0.6 is 11.6 Å². The van der Waals surface area contributed by atoms with E-state index >= 15 is 0 Å². The average Bonchev–Trinajstić information content (AvgIpc) is 2.38. The molecule has 0 radical (unpaired) electrons. The SMILES string of the molecule is CCC(C)(CN)C(=O)Nc1c(Cl)cccc1C(F)(F)F. The lowest BCUT2D eigenvalue weighted by Crippen LogP contribution is -2.39. The van der Waals surface area contributed by atoms with Gasteiger partial charge in [-0.1, -0.05) is 24.6 Å². The lowest BCUT2D eigenvalue weighted by atomic mass is 9.86. The Morgan fingerprint density at radius 2 is 2.00 bits per heavy atom. The van der Waals surface area contributed by atoms with Crippen molar-refractivity contribution in [3.05, 3.63) is 28.8 Å². The number of carbonyl (C=O) groups excluding carboxylic acids is 1. The van der Waals surface area contributed by atoms with Crippen molar-refractivity contribution in [2.75, 3.05) is 11.9 Å². The normalized spacial score (nSPS) is 14.8. The molecule has 1 aromatic rings. The van der Waals surface area contributed by atoms with Crippen LogP contribution in [0.1, 0.15) is 25.8 Å². The standard InChI is InChI=1S/C13H16ClF3N2O/c1-3-12(2,7-18)11(20)19-10-8(13(15,16)17)5-4-6-9(10)14/h4-6H,3,7,18H2,1-2H3,(H,19,20). The fourth-order valence-corrected chi connectivity index (χ4v) is 1.77. The summed E-state index contributed by atoms with van der Waals surface area (Å²) >= 11 is 5.77. The van der Waals surface area contributed by atoms with E-state index in [4.69, 9.17) is 17.3 Å². The van der Waals surface area contributed by atoms with Crippen LogP contribution in [0.3, 0.4) is 0 Å². The molecule has 3 N–H and O–H groups in total. The van der Waals surface area contributed by atoms with Crippen LogP contribution in [0.15, 0.2) is 18.2 Å². The number of halogens is 4. The molecule has 1 rings (SSSR count). The van der Waals surface area contributed by atoms with Crippen molar-refractivity contribution in [2.24, 2.45) is 11.1 Å². The number of nitrogens with one attached hydrogen (secondary N) is 1. The summed E-state index contributed by atoms with van der Waals surface area (Å²) in [5, 5.41) is 2.09. The first kappa shape index (κ1) is 16.8. The lowest BCUT2D eigenvalue weighted by molar-refractivity contribution is -0.137. The Balaban J connectivity index is 3.19. The third kappa shape index (κ3) is 3.43. The summed E-state index contributed by atoms with van der Waals surface area (Å²) in [6, 6.07) is 3.34. The van der Waals surface area contributed by atoms with Crippen molar-refractivity contribution in [2.45, 2.75) is 26.4 Å². The summed E-state index contributed by atoms with van der Waals surface area (Å²) in [6.45, 7) is 3.36. The van der Waals surface area contributed by atoms with Gasteiger partial charge in [-0.2, -0.15) is 13.2 Å². The smallest absolute Gasteiger partial charge is 0.329 e. The van der Waals surface area contributed by atoms with Crippen molar-refractivity contribution in [1.82, 2.24) is 0 Å². The highest BCUT2D eigenvalue weighted by molar-refractivity contribution is 6.34. The summed E-state index contributed by atoms with van der Waals surface area (Å²) in [5.41, 5.74) is 3.17. The van der Waals surface area contributed by atoms with E-state index in [0.29, 0.717) is 6.42 Å². The Labute approximate surface area is 120 Å². The van der Waals surface area contributed by atoms with Crippen LogP contribution in [0.5, 0.6) is 0 Å². The van der Waals surface area contributed by atoms with Gasteiger partial charge in [0.25, 0.3) is 0 Å². The topological polar surface area (TPSA) is 55.1 Å². The molecule has 0 spiro atoms. The molecule has 0 bridgehead atoms. The van der Waals surface area contributed by atoms with Gasteiger partial charge in [-0.15, -0.1) is 0 Å². The quantitative estimate of drug-likeness (QED) is 0.891. The van der Waals surface area contributed by atoms with E-state index in [1.165, 1.54) is 12.1 Å². The van der Waals surface area contributed by atoms with Gasteiger partial charge < -0.3 is 11.1 Å². The van der Waals surface area contributed by atoms with Crippen LogP contribution in [0, 0.1) is 5.41 Å². The highest BCUT2D eigenvalue weighted by atomic mass is 35.5. The molecule has 0 saturated heterocycles. The molecule has 0 fully saturated rings. The van der Waals surface area contributed by atoms with Crippen LogP contribution in [0.4, 0.5) is 18.9 Å². The van der Waals surface area contributed by atoms with E-state index < -0.39 is 28.7 Å². The van der Waals surface area contributed by atoms with Crippen molar-refractivity contribution >= 4 is 23.2 Å². The minimum Gasteiger partial charge on any atom is -0.329 e. The van der Waals surface area contributed by atoms with Gasteiger partial charge in [0, 0.05) is 6.54 Å². The van der Waals surface area contributed by atoms with Gasteiger partial charge >= 0.3 is 6.18 Å². The second kappa shape index (κ2) is 6.01. The summed E-state index contributed by atoms with van der Waals surface area (Å²) in [6.07, 6.45) is -4.19. The molecule has 1 atom stereocenters. The Morgan fingerprint density at radius 1 is 1.40 bits per heavy atom. The minimum absolute atomic E-state index is 0.0289. The maximum atomic E-state index is 12.9. The third-order valence-electron chi connectivity index (χ3n) is 3.34. The second-order valence-electron chi connectivity index (χ2n) is 4.73. The third-order valence-corrected chi connectivity index (χ3v) is 3.65. The first-order chi connectivity index (χ1) is 9.15. The van der Waals surface area contributed by atoms with Gasteiger partial charge in [-0.25, -0.2) is 0 Å². The van der Waals surface area contributed by atoms with Crippen LogP contribution < -0.4 is 11.1 Å². The lowest BCUT2D eigenvalue weighted by Gasteiger charge is -2.26. The van der Waals surface area contributed by atoms with Crippen LogP contribution in [-0.2, 0) is 11.0 Å². The molecule has 7 heteroatoms. The molecule has 0 aromatic heterocycles. The summed E-state index contributed by atoms with van der Waals surface area (Å²) in [7, 11) is 0. The average molecular weight is 309 g/mol. The largest absolute Gasteiger partial charge is 0.418 e. The summed E-state index contributed by atoms with van der Waals surface area (Å²) < 4.78 is 38.7. The summed E-state index contributed by atoms with van der Waals surface area (Å²) in [4.78, 5) is 12.1. The maximum Gasteiger partial charge on any atom is 0.418 e. The van der Waals surface area contributed by atoms with Crippen molar-refractivity contribution < 1.29 is 18.0 Å². The number of alkyl halides is 3. The number of amides is 1. The van der Waals surface area contributed by atoms with Crippen molar-refractivity contribution in [1.29, 1.82) is 0 Å². The molecular formula is C13H16ClF3N2O. The van der Waals surface area contributed by atoms with Crippen LogP contribution in [0.2, 0.25) is 5.02 Å². The molecular weight excluding hydrogens is 293 g/mol. The number of benzene rings is 1. The Morgan fingerprint density at radius 3 is 2.45 bits per heavy atom. The summed E-state index contributed by atoms with van der Waals surface area (Å²) in [5.74, 6) is -0.582. The van der Waals surface area contributed by atoms with E-state index in [1.807, 2.05) is 0 Å². The number of carbonyl (C=O) groups is 1. The maximum absolute atomic E-state index is 12.9. The zero-order chi connectivity index (χ0) is 15.6. The minimum atomic E-state index is -4.60. The molecule has 1 amide bonds. The van der Waals surface area contributed by atoms with Crippen molar-refractivity contribution in [3.63, 3.8) is 0 Å². The number of anilines is 1. The zero-order valence-corrected chi connectivity index (χ0v) is 11.9. The van der Waals surface area contributed by atoms with E-state index in [0.717, 1.165) is 6.07 Å². The highest BCUT2D eigenvalue weighted by Gasteiger charge is 2.37. The van der Waals surface area contributed by atoms with E-state index in [1.54, 1.807) is 13.8 Å². The highest BCUT2D eigenvalue weighted by Crippen LogP contribution is 2.39. The fourth-order valence-electron chi connectivity index (χ4n) is 1.55. The molecule has 0 aliphatic heterocycles. The van der Waals surface area contributed by atoms with E-state index in [2.05, 4.69) is 5.32 Å². The van der Waals surface area contributed by atoms with Gasteiger partial charge in [-0.05, 0) is 25.5 Å². The predicted molar refractivity (Wildman–Crippen MR) is 72.5 cm³/mol. The number of hydrogen-bond acceptors (Lipinski definition) is 2. The molecule has 3 nitrogen and oxygen atoms in total. The number of para-hydroxylation sites is 1. The molecule has 0 heterocycles. The Kier molecular flexibility index (Phi) is 5.05. The van der Waals surface area contributed by atoms with Crippen molar-refractivity contribution in [3.8, 4) is 0 Å². The number of hydrogen-bond donors (Lipinski definition) is 2. The molecule has 1 unspecified atom stereocenters. The van der Waals surface area contributed by atoms with Crippen LogP contribution in [0.25, 0.3) is 0 Å². The molecule has 20 heavy (non-hydrogen) atoms. The number of rotatable bonds is 4. The van der Waals surface area contributed by atoms with Gasteiger partial charge in [0.05, 0.1) is 21.7 Å². The van der Waals surface area contributed by atoms with Gasteiger partial charge in [0.2, 0.25) is 5.91 Å². The molecule has 1 aromatic carbocycles. The molecule has 112 valence electrons. The van der Waals surface area contributed by atoms with Crippen LogP contribution in [-0.4, -0.2) is 12.5 Å². The monoisotopic (exact) mass is 308 g/mol. The molecule has 0 aliphatic carbocycles. The second-order valence-corrected chi connectivity index (χ2v) is 5.14. The Hall–Kier alpha value is -1.27. The van der Waals surface area contributed by atoms with Gasteiger partial charge in [0.1, 0.15) is 0 Å². The van der Waals surface area contributed by atoms with E-state index in [-0.39, 0.29) is 11.6 Å². The Bertz CT molecular complexity index is 499. The zero-order valence-electron chi connectivity index (χ0n) is 11.1. The first-order valence-corrected chi connectivity index (χ1v) is 6.40. The fraction of sp³-hybridized carbons (Fsp3) is 0.462. The van der Waals surface area contributed by atoms with Gasteiger partial charge in [0.15, 0.2) is 0 Å². The molecule has 0 saturated carbocycles. The van der Waals surface area contributed by atoms with Gasteiger partial charge in [-0.3, -0.25) is 4.79 Å². The van der Waals surface area contributed by atoms with E-state index in [9.17, 15) is 18.0 Å². The molecule has 0 aliphatic rings. The first-order valence-electron chi connectivity index (χ1n) is 6.03.